The van der Waals surface area contributed by atoms with E-state index in [2.05, 4.69) is 26.2 Å². The molecule has 3 atom stereocenters. The van der Waals surface area contributed by atoms with Crippen LogP contribution in [0.5, 0.6) is 0 Å². The Morgan fingerprint density at radius 1 is 1.56 bits per heavy atom. The van der Waals surface area contributed by atoms with Crippen LogP contribution in [-0.2, 0) is 10.3 Å². The first-order valence-electron chi connectivity index (χ1n) is 8.76. The summed E-state index contributed by atoms with van der Waals surface area (Å²) in [5.74, 6) is -0.939. The zero-order valence-electron chi connectivity index (χ0n) is 14.8. The molecule has 5 nitrogen and oxygen atoms in total. The Morgan fingerprint density at radius 2 is 2.33 bits per heavy atom. The predicted molar refractivity (Wildman–Crippen MR) is 104 cm³/mol. The number of unbranched alkanes of at least 4 members (excludes halogenated alkanes) is 1. The zero-order chi connectivity index (χ0) is 19.7. The van der Waals surface area contributed by atoms with Crippen LogP contribution >= 0.6 is 27.7 Å². The second kappa shape index (κ2) is 8.05. The van der Waals surface area contributed by atoms with Gasteiger partial charge >= 0.3 is 6.09 Å². The Labute approximate surface area is 169 Å². The number of carbonyl (C=O) groups is 1. The van der Waals surface area contributed by atoms with Gasteiger partial charge in [-0.2, -0.15) is 0 Å². The number of thioether (sulfide) groups is 1. The first-order chi connectivity index (χ1) is 12.9. The van der Waals surface area contributed by atoms with Gasteiger partial charge in [-0.1, -0.05) is 41.0 Å². The number of amidine groups is 1. The summed E-state index contributed by atoms with van der Waals surface area (Å²) in [5.41, 5.74) is -1.38. The van der Waals surface area contributed by atoms with Gasteiger partial charge in [0, 0.05) is 16.0 Å². The molecule has 1 saturated carbocycles. The quantitative estimate of drug-likeness (QED) is 0.623. The van der Waals surface area contributed by atoms with Gasteiger partial charge in [0.1, 0.15) is 18.0 Å². The van der Waals surface area contributed by atoms with Crippen LogP contribution in [0.4, 0.5) is 13.6 Å². The zero-order valence-corrected chi connectivity index (χ0v) is 17.2. The summed E-state index contributed by atoms with van der Waals surface area (Å²) in [6.45, 7) is 1.08. The summed E-state index contributed by atoms with van der Waals surface area (Å²) in [7, 11) is 0. The Hall–Kier alpha value is -1.19. The number of aliphatic hydroxyl groups is 1. The number of hydrogen-bond acceptors (Lipinski definition) is 5. The van der Waals surface area contributed by atoms with Crippen molar-refractivity contribution < 1.29 is 23.4 Å². The number of ether oxygens (including phenoxy) is 1. The van der Waals surface area contributed by atoms with Crippen LogP contribution in [0, 0.1) is 11.7 Å². The standard InChI is InChI=1S/C18H21BrF2N2O3S/c1-2-3-6-26-16(25)22-15-23-18(9-20,14-8-17(14,10-24)27-15)12-7-11(19)4-5-13(12)21/h4-5,7,14,24H,2-3,6,8-10H2,1H3,(H,22,23,25)/t14-,17-,18-/m1/s1. The number of nitrogens with one attached hydrogen (secondary N) is 1. The van der Waals surface area contributed by atoms with Gasteiger partial charge in [-0.3, -0.25) is 5.32 Å². The molecule has 0 unspecified atom stereocenters. The van der Waals surface area contributed by atoms with Gasteiger partial charge in [0.25, 0.3) is 0 Å². The molecule has 0 bridgehead atoms. The van der Waals surface area contributed by atoms with E-state index in [9.17, 15) is 18.7 Å². The fraction of sp³-hybridized carbons (Fsp3) is 0.556. The van der Waals surface area contributed by atoms with E-state index in [1.807, 2.05) is 6.92 Å². The molecule has 0 radical (unpaired) electrons. The number of aliphatic hydroxyl groups excluding tert-OH is 1. The molecule has 1 fully saturated rings. The number of alkyl carbamates (subject to hydrolysis) is 1. The third-order valence-corrected chi connectivity index (χ3v) is 6.88. The van der Waals surface area contributed by atoms with Crippen molar-refractivity contribution in [2.24, 2.45) is 10.9 Å². The molecule has 1 aromatic carbocycles. The molecule has 1 aliphatic heterocycles. The molecule has 0 spiro atoms. The van der Waals surface area contributed by atoms with Crippen molar-refractivity contribution >= 4 is 39.0 Å². The highest BCUT2D eigenvalue weighted by molar-refractivity contribution is 9.10. The van der Waals surface area contributed by atoms with Gasteiger partial charge in [-0.15, -0.1) is 0 Å². The van der Waals surface area contributed by atoms with E-state index < -0.39 is 28.9 Å². The van der Waals surface area contributed by atoms with Crippen LogP contribution in [0.2, 0.25) is 0 Å². The monoisotopic (exact) mass is 462 g/mol. The summed E-state index contributed by atoms with van der Waals surface area (Å²) in [6, 6.07) is 4.29. The Morgan fingerprint density at radius 3 is 3.00 bits per heavy atom. The van der Waals surface area contributed by atoms with Crippen LogP contribution in [0.1, 0.15) is 31.7 Å². The normalized spacial score (nSPS) is 28.9. The van der Waals surface area contributed by atoms with Gasteiger partial charge in [0.15, 0.2) is 5.17 Å². The third-order valence-electron chi connectivity index (χ3n) is 5.01. The van der Waals surface area contributed by atoms with E-state index in [-0.39, 0.29) is 29.9 Å². The Bertz CT molecular complexity index is 766. The molecule has 2 N–H and O–H groups in total. The third kappa shape index (κ3) is 3.86. The molecular formula is C18H21BrF2N2O3S. The van der Waals surface area contributed by atoms with Gasteiger partial charge in [-0.05, 0) is 31.0 Å². The first kappa shape index (κ1) is 20.5. The number of aliphatic imine (C=N–C) groups is 1. The molecule has 148 valence electrons. The maximum absolute atomic E-state index is 14.6. The molecule has 27 heavy (non-hydrogen) atoms. The molecule has 1 heterocycles. The van der Waals surface area contributed by atoms with Gasteiger partial charge < -0.3 is 9.84 Å². The van der Waals surface area contributed by atoms with Crippen molar-refractivity contribution in [3.05, 3.63) is 34.1 Å². The number of hydrogen-bond donors (Lipinski definition) is 2. The van der Waals surface area contributed by atoms with E-state index >= 15 is 0 Å². The number of rotatable bonds is 6. The lowest BCUT2D eigenvalue weighted by atomic mass is 9.85. The molecular weight excluding hydrogens is 442 g/mol. The Kier molecular flexibility index (Phi) is 6.12. The summed E-state index contributed by atoms with van der Waals surface area (Å²) < 4.78 is 33.9. The SMILES string of the molecule is CCCCOC(=O)NC1=N[C@](CF)(c2cc(Br)ccc2F)[C@@H]2C[C@]2(CO)S1. The lowest BCUT2D eigenvalue weighted by molar-refractivity contribution is 0.150. The maximum atomic E-state index is 14.6. The number of alkyl halides is 1. The number of carbonyl (C=O) groups excluding carboxylic acids is 1. The molecule has 3 rings (SSSR count). The minimum absolute atomic E-state index is 0.110. The molecule has 0 aromatic heterocycles. The molecule has 1 amide bonds. The van der Waals surface area contributed by atoms with E-state index in [0.717, 1.165) is 12.8 Å². The second-order valence-electron chi connectivity index (χ2n) is 6.80. The average Bonchev–Trinajstić information content (AvgIpc) is 3.39. The number of fused-ring (bicyclic) bond motifs is 1. The van der Waals surface area contributed by atoms with Crippen molar-refractivity contribution in [1.29, 1.82) is 0 Å². The second-order valence-corrected chi connectivity index (χ2v) is 9.11. The van der Waals surface area contributed by atoms with E-state index in [0.29, 0.717) is 10.9 Å². The largest absolute Gasteiger partial charge is 0.449 e. The smallest absolute Gasteiger partial charge is 0.413 e. The lowest BCUT2D eigenvalue weighted by Gasteiger charge is -2.35. The number of nitrogens with zero attached hydrogens (tertiary/aromatic N) is 1. The molecule has 9 heteroatoms. The van der Waals surface area contributed by atoms with E-state index in [4.69, 9.17) is 4.74 Å². The number of amides is 1. The number of benzene rings is 1. The summed E-state index contributed by atoms with van der Waals surface area (Å²) in [6.07, 6.45) is 1.40. The van der Waals surface area contributed by atoms with Crippen molar-refractivity contribution in [1.82, 2.24) is 5.32 Å². The minimum atomic E-state index is -1.49. The topological polar surface area (TPSA) is 70.9 Å². The fourth-order valence-electron chi connectivity index (χ4n) is 3.44. The van der Waals surface area contributed by atoms with E-state index in [1.165, 1.54) is 30.0 Å². The highest BCUT2D eigenvalue weighted by Crippen LogP contribution is 2.66. The fourth-order valence-corrected chi connectivity index (χ4v) is 5.18. The Balaban J connectivity index is 1.94. The van der Waals surface area contributed by atoms with Crippen molar-refractivity contribution in [2.45, 2.75) is 36.5 Å². The van der Waals surface area contributed by atoms with Crippen molar-refractivity contribution in [3.8, 4) is 0 Å². The van der Waals surface area contributed by atoms with Gasteiger partial charge in [-0.25, -0.2) is 18.6 Å². The molecule has 0 saturated heterocycles. The lowest BCUT2D eigenvalue weighted by Crippen LogP contribution is -2.43. The highest BCUT2D eigenvalue weighted by Gasteiger charge is 2.68. The minimum Gasteiger partial charge on any atom is -0.449 e. The van der Waals surface area contributed by atoms with Crippen LogP contribution in [0.15, 0.2) is 27.7 Å². The van der Waals surface area contributed by atoms with Gasteiger partial charge in [0.05, 0.1) is 18.0 Å². The van der Waals surface area contributed by atoms with E-state index in [1.54, 1.807) is 0 Å². The van der Waals surface area contributed by atoms with Crippen LogP contribution in [0.3, 0.4) is 0 Å². The van der Waals surface area contributed by atoms with Gasteiger partial charge in [0.2, 0.25) is 0 Å². The van der Waals surface area contributed by atoms with Crippen molar-refractivity contribution in [2.75, 3.05) is 19.9 Å². The predicted octanol–water partition coefficient (Wildman–Crippen LogP) is 4.13. The molecule has 1 aliphatic carbocycles. The maximum Gasteiger partial charge on any atom is 0.413 e. The average molecular weight is 463 g/mol. The molecule has 1 aromatic rings. The van der Waals surface area contributed by atoms with Crippen LogP contribution in [0.25, 0.3) is 0 Å². The molecule has 2 aliphatic rings. The summed E-state index contributed by atoms with van der Waals surface area (Å²) in [4.78, 5) is 16.4. The van der Waals surface area contributed by atoms with Crippen LogP contribution < -0.4 is 5.32 Å². The van der Waals surface area contributed by atoms with Crippen molar-refractivity contribution in [3.63, 3.8) is 0 Å². The summed E-state index contributed by atoms with van der Waals surface area (Å²) in [5, 5.41) is 12.5. The summed E-state index contributed by atoms with van der Waals surface area (Å²) >= 11 is 4.47. The van der Waals surface area contributed by atoms with Crippen LogP contribution in [-0.4, -0.2) is 41.0 Å². The highest BCUT2D eigenvalue weighted by atomic mass is 79.9. The first-order valence-corrected chi connectivity index (χ1v) is 10.4. The number of halogens is 3.